The van der Waals surface area contributed by atoms with Gasteiger partial charge in [0.05, 0.1) is 16.0 Å². The third-order valence-corrected chi connectivity index (χ3v) is 5.34. The summed E-state index contributed by atoms with van der Waals surface area (Å²) in [6.45, 7) is 5.98. The van der Waals surface area contributed by atoms with Crippen LogP contribution in [0.4, 0.5) is 5.13 Å². The van der Waals surface area contributed by atoms with E-state index in [1.54, 1.807) is 0 Å². The fourth-order valence-corrected chi connectivity index (χ4v) is 4.20. The van der Waals surface area contributed by atoms with E-state index in [9.17, 15) is 9.59 Å². The Hall–Kier alpha value is -2.19. The van der Waals surface area contributed by atoms with Crippen molar-refractivity contribution in [1.82, 2.24) is 15.0 Å². The number of carbonyl (C=O) groups excluding carboxylic acids is 1. The number of nitrogens with one attached hydrogen (secondary N) is 2. The number of benzene rings is 1. The first-order chi connectivity index (χ1) is 11.9. The summed E-state index contributed by atoms with van der Waals surface area (Å²) in [5, 5.41) is 3.85. The number of aromatic nitrogens is 3. The third-order valence-electron chi connectivity index (χ3n) is 3.55. The lowest BCUT2D eigenvalue weighted by Crippen LogP contribution is -2.15. The van der Waals surface area contributed by atoms with Crippen molar-refractivity contribution >= 4 is 44.4 Å². The van der Waals surface area contributed by atoms with Crippen molar-refractivity contribution in [3.05, 3.63) is 45.4 Å². The summed E-state index contributed by atoms with van der Waals surface area (Å²) < 4.78 is 1.06. The van der Waals surface area contributed by atoms with Gasteiger partial charge >= 0.3 is 0 Å². The highest BCUT2D eigenvalue weighted by Crippen LogP contribution is 2.29. The first kappa shape index (κ1) is 17.6. The normalized spacial score (nSPS) is 11.0. The summed E-state index contributed by atoms with van der Waals surface area (Å²) in [6, 6.07) is 5.61. The molecular weight excluding hydrogens is 356 g/mol. The van der Waals surface area contributed by atoms with Crippen LogP contribution in [0.1, 0.15) is 23.7 Å². The van der Waals surface area contributed by atoms with Crippen molar-refractivity contribution in [3.63, 3.8) is 0 Å². The molecule has 0 aliphatic heterocycles. The number of hydrogen-bond acceptors (Lipinski definition) is 6. The van der Waals surface area contributed by atoms with E-state index in [1.165, 1.54) is 34.7 Å². The monoisotopic (exact) mass is 374 g/mol. The van der Waals surface area contributed by atoms with Gasteiger partial charge in [0.25, 0.3) is 5.56 Å². The Balaban J connectivity index is 1.68. The Bertz CT molecular complexity index is 994. The maximum absolute atomic E-state index is 12.2. The van der Waals surface area contributed by atoms with E-state index in [-0.39, 0.29) is 17.2 Å². The first-order valence-electron chi connectivity index (χ1n) is 7.85. The number of carbonyl (C=O) groups is 1. The predicted molar refractivity (Wildman–Crippen MR) is 103 cm³/mol. The Morgan fingerprint density at radius 3 is 2.84 bits per heavy atom. The van der Waals surface area contributed by atoms with Gasteiger partial charge in [0.2, 0.25) is 5.91 Å². The van der Waals surface area contributed by atoms with Gasteiger partial charge in [-0.3, -0.25) is 9.59 Å². The molecule has 0 bridgehead atoms. The molecule has 0 fully saturated rings. The zero-order valence-electron chi connectivity index (χ0n) is 14.2. The third kappa shape index (κ3) is 4.26. The van der Waals surface area contributed by atoms with Crippen LogP contribution in [0.5, 0.6) is 0 Å². The van der Waals surface area contributed by atoms with Gasteiger partial charge in [-0.15, -0.1) is 0 Å². The van der Waals surface area contributed by atoms with Crippen LogP contribution in [0.3, 0.4) is 0 Å². The minimum Gasteiger partial charge on any atom is -0.301 e. The Labute approximate surface area is 153 Å². The SMILES string of the molecule is CCc1cc(=O)[nH]c(SCC(=O)Nc2nc3c(C)cc(C)cc3s2)n1. The lowest BCUT2D eigenvalue weighted by Gasteiger charge is -2.03. The molecule has 2 N–H and O–H groups in total. The number of rotatable bonds is 5. The van der Waals surface area contributed by atoms with Crippen molar-refractivity contribution in [2.45, 2.75) is 32.3 Å². The van der Waals surface area contributed by atoms with Crippen LogP contribution in [0.25, 0.3) is 10.2 Å². The van der Waals surface area contributed by atoms with E-state index in [0.717, 1.165) is 15.8 Å². The molecule has 25 heavy (non-hydrogen) atoms. The first-order valence-corrected chi connectivity index (χ1v) is 9.65. The summed E-state index contributed by atoms with van der Waals surface area (Å²) in [4.78, 5) is 35.2. The molecule has 0 aliphatic carbocycles. The molecule has 0 radical (unpaired) electrons. The highest BCUT2D eigenvalue weighted by molar-refractivity contribution is 7.99. The molecule has 6 nitrogen and oxygen atoms in total. The quantitative estimate of drug-likeness (QED) is 0.528. The van der Waals surface area contributed by atoms with Crippen LogP contribution >= 0.6 is 23.1 Å². The van der Waals surface area contributed by atoms with Crippen LogP contribution in [0.2, 0.25) is 0 Å². The van der Waals surface area contributed by atoms with Gasteiger partial charge in [-0.2, -0.15) is 0 Å². The Morgan fingerprint density at radius 1 is 1.28 bits per heavy atom. The fraction of sp³-hybridized carbons (Fsp3) is 0.294. The van der Waals surface area contributed by atoms with Gasteiger partial charge in [0.1, 0.15) is 0 Å². The Morgan fingerprint density at radius 2 is 2.08 bits per heavy atom. The van der Waals surface area contributed by atoms with E-state index in [0.29, 0.717) is 22.4 Å². The molecule has 0 spiro atoms. The molecule has 2 aromatic heterocycles. The summed E-state index contributed by atoms with van der Waals surface area (Å²) in [6.07, 6.45) is 0.675. The highest BCUT2D eigenvalue weighted by Gasteiger charge is 2.11. The predicted octanol–water partition coefficient (Wildman–Crippen LogP) is 3.29. The summed E-state index contributed by atoms with van der Waals surface area (Å²) in [5.74, 6) is -0.0210. The minimum atomic E-state index is -0.202. The van der Waals surface area contributed by atoms with Gasteiger partial charge in [-0.05, 0) is 37.5 Å². The van der Waals surface area contributed by atoms with Crippen LogP contribution < -0.4 is 10.9 Å². The zero-order valence-corrected chi connectivity index (χ0v) is 15.8. The van der Waals surface area contributed by atoms with E-state index >= 15 is 0 Å². The number of amides is 1. The maximum atomic E-state index is 12.2. The van der Waals surface area contributed by atoms with E-state index in [2.05, 4.69) is 32.4 Å². The van der Waals surface area contributed by atoms with Crippen molar-refractivity contribution in [2.24, 2.45) is 0 Å². The molecule has 1 aromatic carbocycles. The number of thiazole rings is 1. The second kappa shape index (κ2) is 7.37. The number of fused-ring (bicyclic) bond motifs is 1. The lowest BCUT2D eigenvalue weighted by atomic mass is 10.1. The molecule has 0 saturated carbocycles. The average Bonchev–Trinajstić information content (AvgIpc) is 2.95. The molecular formula is C17H18N4O2S2. The Kier molecular flexibility index (Phi) is 5.19. The topological polar surface area (TPSA) is 87.7 Å². The van der Waals surface area contributed by atoms with Gasteiger partial charge in [-0.1, -0.05) is 36.1 Å². The average molecular weight is 374 g/mol. The van der Waals surface area contributed by atoms with Crippen molar-refractivity contribution in [3.8, 4) is 0 Å². The smallest absolute Gasteiger partial charge is 0.251 e. The second-order valence-electron chi connectivity index (χ2n) is 5.68. The maximum Gasteiger partial charge on any atom is 0.251 e. The number of aromatic amines is 1. The molecule has 8 heteroatoms. The molecule has 0 unspecified atom stereocenters. The van der Waals surface area contributed by atoms with E-state index in [4.69, 9.17) is 0 Å². The number of hydrogen-bond donors (Lipinski definition) is 2. The van der Waals surface area contributed by atoms with Gasteiger partial charge in [0, 0.05) is 11.8 Å². The second-order valence-corrected chi connectivity index (χ2v) is 7.67. The van der Waals surface area contributed by atoms with Crippen LogP contribution in [-0.2, 0) is 11.2 Å². The van der Waals surface area contributed by atoms with Gasteiger partial charge in [0.15, 0.2) is 10.3 Å². The summed E-state index contributed by atoms with van der Waals surface area (Å²) >= 11 is 2.66. The van der Waals surface area contributed by atoms with Gasteiger partial charge in [-0.25, -0.2) is 9.97 Å². The number of nitrogens with zero attached hydrogens (tertiary/aromatic N) is 2. The zero-order chi connectivity index (χ0) is 18.0. The largest absolute Gasteiger partial charge is 0.301 e. The highest BCUT2D eigenvalue weighted by atomic mass is 32.2. The number of H-pyrrole nitrogens is 1. The molecule has 0 aliphatic rings. The van der Waals surface area contributed by atoms with Crippen LogP contribution in [0.15, 0.2) is 28.2 Å². The number of aryl methyl sites for hydroxylation is 3. The van der Waals surface area contributed by atoms with Crippen LogP contribution in [-0.4, -0.2) is 26.6 Å². The van der Waals surface area contributed by atoms with E-state index < -0.39 is 0 Å². The molecule has 1 amide bonds. The van der Waals surface area contributed by atoms with Crippen molar-refractivity contribution < 1.29 is 4.79 Å². The molecule has 0 atom stereocenters. The minimum absolute atomic E-state index is 0.157. The molecule has 130 valence electrons. The standard InChI is InChI=1S/C17H18N4O2S2/c1-4-11-7-13(22)19-16(18-11)24-8-14(23)20-17-21-15-10(3)5-9(2)6-12(15)25-17/h5-7H,4,8H2,1-3H3,(H,18,19,22)(H,20,21,23). The number of anilines is 1. The van der Waals surface area contributed by atoms with E-state index in [1.807, 2.05) is 20.8 Å². The summed E-state index contributed by atoms with van der Waals surface area (Å²) in [5.41, 5.74) is 3.70. The van der Waals surface area contributed by atoms with Crippen molar-refractivity contribution in [1.29, 1.82) is 0 Å². The molecule has 3 rings (SSSR count). The lowest BCUT2D eigenvalue weighted by molar-refractivity contribution is -0.113. The van der Waals surface area contributed by atoms with Crippen LogP contribution in [0, 0.1) is 13.8 Å². The number of thioether (sulfide) groups is 1. The summed E-state index contributed by atoms with van der Waals surface area (Å²) in [7, 11) is 0. The van der Waals surface area contributed by atoms with Crippen molar-refractivity contribution in [2.75, 3.05) is 11.1 Å². The van der Waals surface area contributed by atoms with Gasteiger partial charge < -0.3 is 10.3 Å². The fourth-order valence-electron chi connectivity index (χ4n) is 2.45. The molecule has 2 heterocycles. The molecule has 3 aromatic rings. The molecule has 0 saturated heterocycles.